The van der Waals surface area contributed by atoms with Crippen LogP contribution in [0.2, 0.25) is 0 Å². The molecular formula is C19H25NO6S. The first kappa shape index (κ1) is 21.1. The van der Waals surface area contributed by atoms with Gasteiger partial charge in [-0.25, -0.2) is 0 Å². The fraction of sp³-hybridized carbons (Fsp3) is 0.526. The van der Waals surface area contributed by atoms with Gasteiger partial charge in [0.2, 0.25) is 5.91 Å². The average Bonchev–Trinajstić information content (AvgIpc) is 3.04. The summed E-state index contributed by atoms with van der Waals surface area (Å²) in [5, 5.41) is 9.26. The van der Waals surface area contributed by atoms with Gasteiger partial charge in [-0.3, -0.25) is 14.4 Å². The van der Waals surface area contributed by atoms with Gasteiger partial charge in [0.15, 0.2) is 16.6 Å². The molecule has 0 aliphatic heterocycles. The van der Waals surface area contributed by atoms with Crippen molar-refractivity contribution in [3.05, 3.63) is 23.3 Å². The van der Waals surface area contributed by atoms with Gasteiger partial charge in [0, 0.05) is 18.6 Å². The number of amides is 1. The van der Waals surface area contributed by atoms with E-state index in [9.17, 15) is 19.5 Å². The zero-order chi connectivity index (χ0) is 20.1. The van der Waals surface area contributed by atoms with Crippen molar-refractivity contribution >= 4 is 28.8 Å². The van der Waals surface area contributed by atoms with Gasteiger partial charge in [-0.1, -0.05) is 18.7 Å². The summed E-state index contributed by atoms with van der Waals surface area (Å²) in [6, 6.07) is 3.36. The van der Waals surface area contributed by atoms with E-state index in [1.807, 2.05) is 12.1 Å². The molecule has 1 amide bonds. The summed E-state index contributed by atoms with van der Waals surface area (Å²) in [4.78, 5) is 36.9. The standard InChI is InChI=1S/C19H25NO6S/c1-11(10-27-12(2)21)19(24)20(9-18(22)23)15-6-5-13-7-16(25-3)17(26-4)8-14(13)15/h7-8,11,15H,5-6,9-10H2,1-4H3,(H,22,23). The molecule has 1 aromatic rings. The maximum atomic E-state index is 12.9. The van der Waals surface area contributed by atoms with Crippen LogP contribution in [-0.4, -0.2) is 53.5 Å². The van der Waals surface area contributed by atoms with Crippen molar-refractivity contribution in [3.8, 4) is 11.5 Å². The van der Waals surface area contributed by atoms with Gasteiger partial charge < -0.3 is 19.5 Å². The van der Waals surface area contributed by atoms with Gasteiger partial charge >= 0.3 is 5.97 Å². The number of ether oxygens (including phenoxy) is 2. The van der Waals surface area contributed by atoms with E-state index < -0.39 is 11.9 Å². The number of hydrogen-bond donors (Lipinski definition) is 1. The monoisotopic (exact) mass is 395 g/mol. The van der Waals surface area contributed by atoms with Crippen LogP contribution in [0.3, 0.4) is 0 Å². The molecule has 0 radical (unpaired) electrons. The molecule has 0 spiro atoms. The number of hydrogen-bond acceptors (Lipinski definition) is 6. The molecule has 1 aromatic carbocycles. The van der Waals surface area contributed by atoms with Crippen LogP contribution in [0.5, 0.6) is 11.5 Å². The number of carbonyl (C=O) groups is 3. The minimum atomic E-state index is -1.07. The quantitative estimate of drug-likeness (QED) is 0.723. The molecule has 1 N–H and O–H groups in total. The number of carboxylic acids is 1. The molecule has 8 heteroatoms. The van der Waals surface area contributed by atoms with Gasteiger partial charge in [-0.15, -0.1) is 0 Å². The fourth-order valence-corrected chi connectivity index (χ4v) is 3.95. The highest BCUT2D eigenvalue weighted by molar-refractivity contribution is 8.13. The van der Waals surface area contributed by atoms with Crippen molar-refractivity contribution in [2.24, 2.45) is 5.92 Å². The van der Waals surface area contributed by atoms with Crippen LogP contribution in [0.15, 0.2) is 12.1 Å². The van der Waals surface area contributed by atoms with E-state index in [1.165, 1.54) is 18.9 Å². The molecule has 2 unspecified atom stereocenters. The summed E-state index contributed by atoms with van der Waals surface area (Å²) in [6.07, 6.45) is 1.36. The van der Waals surface area contributed by atoms with Crippen LogP contribution in [0.25, 0.3) is 0 Å². The summed E-state index contributed by atoms with van der Waals surface area (Å²) in [5.74, 6) is -0.300. The molecule has 27 heavy (non-hydrogen) atoms. The van der Waals surface area contributed by atoms with Gasteiger partial charge in [0.05, 0.1) is 20.3 Å². The first-order chi connectivity index (χ1) is 12.8. The third-order valence-electron chi connectivity index (χ3n) is 4.61. The molecule has 0 saturated carbocycles. The number of aryl methyl sites for hydroxylation is 1. The lowest BCUT2D eigenvalue weighted by atomic mass is 10.0. The predicted octanol–water partition coefficient (Wildman–Crippen LogP) is 2.52. The number of methoxy groups -OCH3 is 2. The number of benzene rings is 1. The molecule has 7 nitrogen and oxygen atoms in total. The Morgan fingerprint density at radius 1 is 1.26 bits per heavy atom. The second-order valence-electron chi connectivity index (χ2n) is 6.52. The molecule has 0 aromatic heterocycles. The molecule has 0 saturated heterocycles. The first-order valence-electron chi connectivity index (χ1n) is 8.68. The third kappa shape index (κ3) is 4.94. The second-order valence-corrected chi connectivity index (χ2v) is 7.72. The molecule has 2 rings (SSSR count). The fourth-order valence-electron chi connectivity index (χ4n) is 3.32. The molecule has 0 heterocycles. The van der Waals surface area contributed by atoms with Crippen LogP contribution >= 0.6 is 11.8 Å². The molecular weight excluding hydrogens is 370 g/mol. The number of carbonyl (C=O) groups excluding carboxylic acids is 2. The molecule has 0 fully saturated rings. The highest BCUT2D eigenvalue weighted by Gasteiger charge is 2.35. The van der Waals surface area contributed by atoms with Crippen LogP contribution in [-0.2, 0) is 20.8 Å². The predicted molar refractivity (Wildman–Crippen MR) is 102 cm³/mol. The lowest BCUT2D eigenvalue weighted by molar-refractivity contribution is -0.147. The third-order valence-corrected chi connectivity index (χ3v) is 5.69. The highest BCUT2D eigenvalue weighted by atomic mass is 32.2. The van der Waals surface area contributed by atoms with E-state index in [4.69, 9.17) is 9.47 Å². The molecule has 148 valence electrons. The van der Waals surface area contributed by atoms with Crippen molar-refractivity contribution < 1.29 is 29.0 Å². The van der Waals surface area contributed by atoms with Crippen molar-refractivity contribution in [2.75, 3.05) is 26.5 Å². The highest BCUT2D eigenvalue weighted by Crippen LogP contribution is 2.42. The smallest absolute Gasteiger partial charge is 0.323 e. The number of aliphatic carboxylic acids is 1. The van der Waals surface area contributed by atoms with Crippen molar-refractivity contribution in [3.63, 3.8) is 0 Å². The largest absolute Gasteiger partial charge is 0.493 e. The van der Waals surface area contributed by atoms with E-state index in [2.05, 4.69) is 0 Å². The lowest BCUT2D eigenvalue weighted by Gasteiger charge is -2.31. The number of rotatable bonds is 8. The summed E-state index contributed by atoms with van der Waals surface area (Å²) in [5.41, 5.74) is 1.90. The SMILES string of the molecule is COc1cc2c(cc1OC)C(N(CC(=O)O)C(=O)C(C)CSC(C)=O)CC2. The van der Waals surface area contributed by atoms with E-state index in [1.54, 1.807) is 14.0 Å². The van der Waals surface area contributed by atoms with Crippen LogP contribution in [0.4, 0.5) is 0 Å². The van der Waals surface area contributed by atoms with Gasteiger partial charge in [-0.2, -0.15) is 0 Å². The zero-order valence-corrected chi connectivity index (χ0v) is 16.8. The number of fused-ring (bicyclic) bond motifs is 1. The topological polar surface area (TPSA) is 93.1 Å². The van der Waals surface area contributed by atoms with Gasteiger partial charge in [0.1, 0.15) is 6.54 Å². The van der Waals surface area contributed by atoms with Crippen molar-refractivity contribution in [1.29, 1.82) is 0 Å². The van der Waals surface area contributed by atoms with Crippen LogP contribution < -0.4 is 9.47 Å². The van der Waals surface area contributed by atoms with Crippen molar-refractivity contribution in [1.82, 2.24) is 4.90 Å². The summed E-state index contributed by atoms with van der Waals surface area (Å²) in [6.45, 7) is 2.79. The Morgan fingerprint density at radius 3 is 2.44 bits per heavy atom. The molecule has 1 aliphatic rings. The summed E-state index contributed by atoms with van der Waals surface area (Å²) < 4.78 is 10.7. The van der Waals surface area contributed by atoms with Gasteiger partial charge in [-0.05, 0) is 36.1 Å². The van der Waals surface area contributed by atoms with Gasteiger partial charge in [0.25, 0.3) is 0 Å². The number of carboxylic acid groups (broad SMARTS) is 1. The van der Waals surface area contributed by atoms with E-state index >= 15 is 0 Å². The minimum absolute atomic E-state index is 0.0672. The summed E-state index contributed by atoms with van der Waals surface area (Å²) >= 11 is 1.07. The molecule has 0 bridgehead atoms. The first-order valence-corrected chi connectivity index (χ1v) is 9.67. The Morgan fingerprint density at radius 2 is 1.89 bits per heavy atom. The lowest BCUT2D eigenvalue weighted by Crippen LogP contribution is -2.41. The zero-order valence-electron chi connectivity index (χ0n) is 16.0. The average molecular weight is 395 g/mol. The van der Waals surface area contributed by atoms with E-state index in [0.29, 0.717) is 23.7 Å². The number of thioether (sulfide) groups is 1. The Bertz CT molecular complexity index is 735. The summed E-state index contributed by atoms with van der Waals surface area (Å²) in [7, 11) is 3.10. The normalized spacial score (nSPS) is 16.4. The van der Waals surface area contributed by atoms with E-state index in [-0.39, 0.29) is 23.6 Å². The Hall–Kier alpha value is -2.22. The van der Waals surface area contributed by atoms with Crippen LogP contribution in [0.1, 0.15) is 37.4 Å². The van der Waals surface area contributed by atoms with E-state index in [0.717, 1.165) is 29.3 Å². The van der Waals surface area contributed by atoms with Crippen LogP contribution in [0, 0.1) is 5.92 Å². The van der Waals surface area contributed by atoms with Crippen molar-refractivity contribution in [2.45, 2.75) is 32.7 Å². The maximum absolute atomic E-state index is 12.9. The molecule has 2 atom stereocenters. The Labute approximate surface area is 163 Å². The Balaban J connectivity index is 2.32. The minimum Gasteiger partial charge on any atom is -0.493 e. The Kier molecular flexibility index (Phi) is 7.12. The second kappa shape index (κ2) is 9.12. The number of nitrogens with zero attached hydrogens (tertiary/aromatic N) is 1. The maximum Gasteiger partial charge on any atom is 0.323 e. The molecule has 1 aliphatic carbocycles.